The smallest absolute Gasteiger partial charge is 0.327 e. The predicted octanol–water partition coefficient (Wildman–Crippen LogP) is -0.833. The first-order chi connectivity index (χ1) is 15.2. The number of phenols is 1. The van der Waals surface area contributed by atoms with Gasteiger partial charge in [-0.1, -0.05) is 12.1 Å². The molecule has 0 radical (unpaired) electrons. The number of carboxylic acid groups (broad SMARTS) is 1. The molecule has 0 aliphatic carbocycles. The van der Waals surface area contributed by atoms with E-state index >= 15 is 0 Å². The van der Waals surface area contributed by atoms with Crippen molar-refractivity contribution < 1.29 is 29.4 Å². The Morgan fingerprint density at radius 3 is 2.28 bits per heavy atom. The molecule has 6 N–H and O–H groups in total. The largest absolute Gasteiger partial charge is 0.508 e. The summed E-state index contributed by atoms with van der Waals surface area (Å²) in [4.78, 5) is 50.6. The number of hydrogen-bond acceptors (Lipinski definition) is 8. The highest BCUT2D eigenvalue weighted by Crippen LogP contribution is 2.19. The summed E-state index contributed by atoms with van der Waals surface area (Å²) in [5.41, 5.74) is 6.71. The van der Waals surface area contributed by atoms with Crippen molar-refractivity contribution in [3.8, 4) is 5.75 Å². The van der Waals surface area contributed by atoms with Gasteiger partial charge in [0.25, 0.3) is 0 Å². The summed E-state index contributed by atoms with van der Waals surface area (Å²) < 4.78 is 0. The second kappa shape index (κ2) is 12.0. The molecule has 1 saturated heterocycles. The molecule has 0 spiro atoms. The highest BCUT2D eigenvalue weighted by Gasteiger charge is 2.38. The van der Waals surface area contributed by atoms with Crippen molar-refractivity contribution in [1.82, 2.24) is 15.5 Å². The maximum Gasteiger partial charge on any atom is 0.327 e. The number of carboxylic acids is 1. The van der Waals surface area contributed by atoms with E-state index in [9.17, 15) is 24.3 Å². The SMILES string of the molecule is NC(Cc1ccc(O)cc1)C(=O)NC(CS)C(=O)N1CCCC1C(=O)NC(CS)C(=O)O. The van der Waals surface area contributed by atoms with Gasteiger partial charge in [-0.3, -0.25) is 14.4 Å². The number of benzene rings is 1. The molecule has 1 fully saturated rings. The average molecular weight is 485 g/mol. The molecule has 176 valence electrons. The Labute approximate surface area is 196 Å². The average Bonchev–Trinajstić information content (AvgIpc) is 3.26. The summed E-state index contributed by atoms with van der Waals surface area (Å²) in [6.45, 7) is 0.301. The Hall–Kier alpha value is -2.44. The van der Waals surface area contributed by atoms with Gasteiger partial charge in [0.05, 0.1) is 6.04 Å². The van der Waals surface area contributed by atoms with E-state index in [4.69, 9.17) is 10.8 Å². The minimum absolute atomic E-state index is 0.00423. The Kier molecular flexibility index (Phi) is 9.66. The van der Waals surface area contributed by atoms with Crippen molar-refractivity contribution >= 4 is 48.9 Å². The Balaban J connectivity index is 2.00. The number of nitrogens with one attached hydrogen (secondary N) is 2. The zero-order valence-electron chi connectivity index (χ0n) is 17.3. The zero-order valence-corrected chi connectivity index (χ0v) is 19.1. The highest BCUT2D eigenvalue weighted by molar-refractivity contribution is 7.80. The number of hydrogen-bond donors (Lipinski definition) is 7. The topological polar surface area (TPSA) is 162 Å². The summed E-state index contributed by atoms with van der Waals surface area (Å²) >= 11 is 8.08. The van der Waals surface area contributed by atoms with E-state index in [0.29, 0.717) is 19.4 Å². The first kappa shape index (κ1) is 25.8. The van der Waals surface area contributed by atoms with Gasteiger partial charge in [-0.2, -0.15) is 25.3 Å². The lowest BCUT2D eigenvalue weighted by Crippen LogP contribution is -2.57. The Morgan fingerprint density at radius 2 is 1.72 bits per heavy atom. The number of carbonyl (C=O) groups is 4. The van der Waals surface area contributed by atoms with Crippen LogP contribution in [0.25, 0.3) is 0 Å². The van der Waals surface area contributed by atoms with Gasteiger partial charge in [0.15, 0.2) is 0 Å². The predicted molar refractivity (Wildman–Crippen MR) is 124 cm³/mol. The number of aromatic hydroxyl groups is 1. The number of nitrogens with zero attached hydrogens (tertiary/aromatic N) is 1. The highest BCUT2D eigenvalue weighted by atomic mass is 32.1. The van der Waals surface area contributed by atoms with Gasteiger partial charge in [0.1, 0.15) is 23.9 Å². The van der Waals surface area contributed by atoms with Crippen molar-refractivity contribution in [1.29, 1.82) is 0 Å². The van der Waals surface area contributed by atoms with Crippen LogP contribution in [-0.4, -0.2) is 81.0 Å². The molecule has 32 heavy (non-hydrogen) atoms. The quantitative estimate of drug-likeness (QED) is 0.213. The van der Waals surface area contributed by atoms with E-state index in [1.165, 1.54) is 17.0 Å². The third-order valence-electron chi connectivity index (χ3n) is 5.16. The molecule has 1 heterocycles. The Bertz CT molecular complexity index is 838. The van der Waals surface area contributed by atoms with Crippen LogP contribution in [-0.2, 0) is 25.6 Å². The number of rotatable bonds is 10. The molecule has 10 nitrogen and oxygen atoms in total. The number of likely N-dealkylation sites (tertiary alicyclic amines) is 1. The molecule has 0 aromatic heterocycles. The fourth-order valence-electron chi connectivity index (χ4n) is 3.40. The van der Waals surface area contributed by atoms with E-state index in [1.807, 2.05) is 0 Å². The number of carbonyl (C=O) groups excluding carboxylic acids is 3. The van der Waals surface area contributed by atoms with E-state index < -0.39 is 47.9 Å². The van der Waals surface area contributed by atoms with Gasteiger partial charge in [0.2, 0.25) is 17.7 Å². The van der Waals surface area contributed by atoms with E-state index in [1.54, 1.807) is 12.1 Å². The van der Waals surface area contributed by atoms with Crippen LogP contribution in [0.2, 0.25) is 0 Å². The van der Waals surface area contributed by atoms with Crippen molar-refractivity contribution in [2.75, 3.05) is 18.1 Å². The van der Waals surface area contributed by atoms with Crippen molar-refractivity contribution in [3.05, 3.63) is 29.8 Å². The van der Waals surface area contributed by atoms with Crippen LogP contribution in [0, 0.1) is 0 Å². The minimum atomic E-state index is -1.22. The molecule has 3 amide bonds. The van der Waals surface area contributed by atoms with Gasteiger partial charge in [-0.25, -0.2) is 4.79 Å². The maximum absolute atomic E-state index is 13.0. The fourth-order valence-corrected chi connectivity index (χ4v) is 3.89. The maximum atomic E-state index is 13.0. The molecule has 2 rings (SSSR count). The monoisotopic (exact) mass is 484 g/mol. The second-order valence-electron chi connectivity index (χ2n) is 7.49. The van der Waals surface area contributed by atoms with Crippen molar-refractivity contribution in [2.24, 2.45) is 5.73 Å². The summed E-state index contributed by atoms with van der Waals surface area (Å²) in [5, 5.41) is 23.4. The van der Waals surface area contributed by atoms with Crippen LogP contribution in [0.1, 0.15) is 18.4 Å². The number of amides is 3. The van der Waals surface area contributed by atoms with Crippen LogP contribution in [0.15, 0.2) is 24.3 Å². The molecule has 4 unspecified atom stereocenters. The molecule has 1 aromatic rings. The minimum Gasteiger partial charge on any atom is -0.508 e. The van der Waals surface area contributed by atoms with Gasteiger partial charge in [-0.05, 0) is 37.0 Å². The summed E-state index contributed by atoms with van der Waals surface area (Å²) in [5.74, 6) is -2.82. The number of aliphatic carboxylic acids is 1. The van der Waals surface area contributed by atoms with E-state index in [-0.39, 0.29) is 23.7 Å². The summed E-state index contributed by atoms with van der Waals surface area (Å²) in [6.07, 6.45) is 1.15. The summed E-state index contributed by atoms with van der Waals surface area (Å²) in [7, 11) is 0. The molecule has 1 aliphatic heterocycles. The molecule has 4 atom stereocenters. The Morgan fingerprint density at radius 1 is 1.09 bits per heavy atom. The van der Waals surface area contributed by atoms with E-state index in [2.05, 4.69) is 35.9 Å². The van der Waals surface area contributed by atoms with Gasteiger partial charge >= 0.3 is 5.97 Å². The van der Waals surface area contributed by atoms with E-state index in [0.717, 1.165) is 5.56 Å². The third kappa shape index (κ3) is 6.78. The first-order valence-electron chi connectivity index (χ1n) is 10.1. The van der Waals surface area contributed by atoms with Gasteiger partial charge < -0.3 is 31.5 Å². The number of thiol groups is 2. The van der Waals surface area contributed by atoms with Crippen molar-refractivity contribution in [2.45, 2.75) is 43.4 Å². The molecule has 12 heteroatoms. The lowest BCUT2D eigenvalue weighted by atomic mass is 10.1. The normalized spacial score (nSPS) is 18.5. The number of nitrogens with two attached hydrogens (primary N) is 1. The van der Waals surface area contributed by atoms with Gasteiger partial charge in [-0.15, -0.1) is 0 Å². The lowest BCUT2D eigenvalue weighted by molar-refractivity contribution is -0.144. The third-order valence-corrected chi connectivity index (χ3v) is 5.89. The number of phenolic OH excluding ortho intramolecular Hbond substituents is 1. The standard InChI is InChI=1S/C20H28N4O6S2/c21-13(8-11-3-5-12(25)6-4-11)17(26)22-14(9-31)19(28)24-7-1-2-16(24)18(27)23-15(10-32)20(29)30/h3-6,13-16,25,31-32H,1-2,7-10,21H2,(H,22,26)(H,23,27)(H,29,30). The van der Waals surface area contributed by atoms with Crippen LogP contribution < -0.4 is 16.4 Å². The first-order valence-corrected chi connectivity index (χ1v) is 11.3. The van der Waals surface area contributed by atoms with Crippen LogP contribution in [0.5, 0.6) is 5.75 Å². The molecule has 1 aliphatic rings. The molecular weight excluding hydrogens is 456 g/mol. The molecule has 0 saturated carbocycles. The molecule has 1 aromatic carbocycles. The fraction of sp³-hybridized carbons (Fsp3) is 0.500. The zero-order chi connectivity index (χ0) is 23.8. The van der Waals surface area contributed by atoms with Crippen LogP contribution >= 0.6 is 25.3 Å². The van der Waals surface area contributed by atoms with Crippen LogP contribution in [0.4, 0.5) is 0 Å². The van der Waals surface area contributed by atoms with Crippen molar-refractivity contribution in [3.63, 3.8) is 0 Å². The van der Waals surface area contributed by atoms with Gasteiger partial charge in [0, 0.05) is 18.1 Å². The summed E-state index contributed by atoms with van der Waals surface area (Å²) in [6, 6.07) is 2.33. The van der Waals surface area contributed by atoms with Crippen LogP contribution in [0.3, 0.4) is 0 Å². The molecular formula is C20H28N4O6S2. The molecule has 0 bridgehead atoms. The second-order valence-corrected chi connectivity index (χ2v) is 8.22. The lowest BCUT2D eigenvalue weighted by Gasteiger charge is -2.29.